The second-order valence-electron chi connectivity index (χ2n) is 6.22. The third-order valence-electron chi connectivity index (χ3n) is 3.97. The molecule has 0 bridgehead atoms. The summed E-state index contributed by atoms with van der Waals surface area (Å²) in [7, 11) is 0. The molecule has 0 amide bonds. The molecule has 1 aliphatic heterocycles. The van der Waals surface area contributed by atoms with Gasteiger partial charge in [0.25, 0.3) is 0 Å². The average molecular weight is 302 g/mol. The summed E-state index contributed by atoms with van der Waals surface area (Å²) in [6, 6.07) is 9.82. The summed E-state index contributed by atoms with van der Waals surface area (Å²) >= 11 is 0. The highest BCUT2D eigenvalue weighted by molar-refractivity contribution is 5.27. The Labute approximate surface area is 130 Å². The standard InChI is InChI=1S/C17H22N2O3/c1-13-4-3-5-16(8-13)21-12-17(20)6-7-19(11-17)10-15-9-14(2)22-18-15/h3-5,8-9,20H,6-7,10-12H2,1-2H3/t17-/m0/s1. The van der Waals surface area contributed by atoms with Gasteiger partial charge in [-0.25, -0.2) is 0 Å². The number of benzene rings is 1. The maximum atomic E-state index is 10.7. The van der Waals surface area contributed by atoms with Gasteiger partial charge in [0, 0.05) is 25.7 Å². The Morgan fingerprint density at radius 2 is 2.23 bits per heavy atom. The topological polar surface area (TPSA) is 58.7 Å². The molecular weight excluding hydrogens is 280 g/mol. The van der Waals surface area contributed by atoms with E-state index < -0.39 is 5.60 Å². The maximum absolute atomic E-state index is 10.7. The smallest absolute Gasteiger partial charge is 0.133 e. The molecule has 1 aromatic heterocycles. The monoisotopic (exact) mass is 302 g/mol. The minimum Gasteiger partial charge on any atom is -0.491 e. The summed E-state index contributed by atoms with van der Waals surface area (Å²) in [5.74, 6) is 1.62. The number of hydrogen-bond acceptors (Lipinski definition) is 5. The van der Waals surface area contributed by atoms with Crippen LogP contribution in [-0.4, -0.2) is 40.5 Å². The number of aliphatic hydroxyl groups is 1. The minimum atomic E-state index is -0.803. The van der Waals surface area contributed by atoms with Gasteiger partial charge in [-0.05, 0) is 38.0 Å². The summed E-state index contributed by atoms with van der Waals surface area (Å²) < 4.78 is 10.8. The van der Waals surface area contributed by atoms with Crippen molar-refractivity contribution in [3.63, 3.8) is 0 Å². The molecule has 1 N–H and O–H groups in total. The van der Waals surface area contributed by atoms with Gasteiger partial charge in [0.05, 0.1) is 5.69 Å². The van der Waals surface area contributed by atoms with Crippen LogP contribution in [0.1, 0.15) is 23.4 Å². The molecule has 2 heterocycles. The lowest BCUT2D eigenvalue weighted by Crippen LogP contribution is -2.39. The van der Waals surface area contributed by atoms with E-state index in [-0.39, 0.29) is 0 Å². The minimum absolute atomic E-state index is 0.310. The van der Waals surface area contributed by atoms with E-state index in [9.17, 15) is 5.11 Å². The molecule has 1 atom stereocenters. The Balaban J connectivity index is 1.54. The zero-order chi connectivity index (χ0) is 15.6. The third kappa shape index (κ3) is 3.67. The van der Waals surface area contributed by atoms with E-state index in [0.717, 1.165) is 29.3 Å². The zero-order valence-corrected chi connectivity index (χ0v) is 13.1. The van der Waals surface area contributed by atoms with Crippen molar-refractivity contribution >= 4 is 0 Å². The number of rotatable bonds is 5. The molecule has 22 heavy (non-hydrogen) atoms. The Bertz CT molecular complexity index is 640. The van der Waals surface area contributed by atoms with E-state index in [1.165, 1.54) is 0 Å². The van der Waals surface area contributed by atoms with E-state index in [1.54, 1.807) is 0 Å². The maximum Gasteiger partial charge on any atom is 0.133 e. The van der Waals surface area contributed by atoms with Crippen LogP contribution >= 0.6 is 0 Å². The van der Waals surface area contributed by atoms with Crippen LogP contribution in [0.4, 0.5) is 0 Å². The quantitative estimate of drug-likeness (QED) is 0.918. The van der Waals surface area contributed by atoms with Gasteiger partial charge in [-0.1, -0.05) is 17.3 Å². The molecule has 1 aromatic carbocycles. The predicted molar refractivity (Wildman–Crippen MR) is 82.8 cm³/mol. The van der Waals surface area contributed by atoms with E-state index >= 15 is 0 Å². The molecule has 0 aliphatic carbocycles. The van der Waals surface area contributed by atoms with Gasteiger partial charge in [0.15, 0.2) is 0 Å². The van der Waals surface area contributed by atoms with Crippen molar-refractivity contribution in [2.45, 2.75) is 32.4 Å². The number of ether oxygens (including phenoxy) is 1. The molecule has 1 fully saturated rings. The number of hydrogen-bond donors (Lipinski definition) is 1. The molecular formula is C17H22N2O3. The molecule has 5 nitrogen and oxygen atoms in total. The van der Waals surface area contributed by atoms with Gasteiger partial charge < -0.3 is 14.4 Å². The fraction of sp³-hybridized carbons (Fsp3) is 0.471. The average Bonchev–Trinajstić information content (AvgIpc) is 3.04. The Morgan fingerprint density at radius 1 is 1.36 bits per heavy atom. The predicted octanol–water partition coefficient (Wildman–Crippen LogP) is 2.31. The first-order valence-electron chi connectivity index (χ1n) is 7.59. The first-order chi connectivity index (χ1) is 10.5. The van der Waals surface area contributed by atoms with Gasteiger partial charge in [-0.2, -0.15) is 0 Å². The largest absolute Gasteiger partial charge is 0.491 e. The summed E-state index contributed by atoms with van der Waals surface area (Å²) in [6.45, 7) is 6.34. The van der Waals surface area contributed by atoms with E-state index in [1.807, 2.05) is 44.2 Å². The molecule has 0 unspecified atom stereocenters. The Hall–Kier alpha value is -1.85. The number of nitrogens with zero attached hydrogens (tertiary/aromatic N) is 2. The van der Waals surface area contributed by atoms with Crippen molar-refractivity contribution in [1.82, 2.24) is 10.1 Å². The summed E-state index contributed by atoms with van der Waals surface area (Å²) in [6.07, 6.45) is 0.704. The molecule has 0 radical (unpaired) electrons. The zero-order valence-electron chi connectivity index (χ0n) is 13.1. The van der Waals surface area contributed by atoms with Crippen LogP contribution in [0.5, 0.6) is 5.75 Å². The van der Waals surface area contributed by atoms with Gasteiger partial charge in [0.1, 0.15) is 23.7 Å². The summed E-state index contributed by atoms with van der Waals surface area (Å²) in [5.41, 5.74) is 1.25. The first-order valence-corrected chi connectivity index (χ1v) is 7.59. The van der Waals surface area contributed by atoms with Crippen LogP contribution in [0, 0.1) is 13.8 Å². The lowest BCUT2D eigenvalue weighted by atomic mass is 10.1. The Kier molecular flexibility index (Phi) is 4.18. The van der Waals surface area contributed by atoms with E-state index in [0.29, 0.717) is 26.1 Å². The van der Waals surface area contributed by atoms with Crippen molar-refractivity contribution in [3.05, 3.63) is 47.3 Å². The molecule has 0 spiro atoms. The van der Waals surface area contributed by atoms with E-state index in [4.69, 9.17) is 9.26 Å². The van der Waals surface area contributed by atoms with Gasteiger partial charge in [-0.15, -0.1) is 0 Å². The molecule has 5 heteroatoms. The molecule has 118 valence electrons. The van der Waals surface area contributed by atoms with Crippen LogP contribution in [0.2, 0.25) is 0 Å². The molecule has 1 saturated heterocycles. The third-order valence-corrected chi connectivity index (χ3v) is 3.97. The normalized spacial score (nSPS) is 22.1. The van der Waals surface area contributed by atoms with Crippen molar-refractivity contribution < 1.29 is 14.4 Å². The number of aromatic nitrogens is 1. The molecule has 0 saturated carbocycles. The lowest BCUT2D eigenvalue weighted by molar-refractivity contribution is 0.00323. The fourth-order valence-electron chi connectivity index (χ4n) is 2.84. The number of likely N-dealkylation sites (tertiary alicyclic amines) is 1. The molecule has 1 aliphatic rings. The summed E-state index contributed by atoms with van der Waals surface area (Å²) in [4.78, 5) is 2.18. The number of β-amino-alcohol motifs (C(OH)–C–C–N with tert-alkyl or cyclic N) is 1. The van der Waals surface area contributed by atoms with Crippen LogP contribution in [-0.2, 0) is 6.54 Å². The molecule has 3 rings (SSSR count). The first kappa shape index (κ1) is 15.1. The van der Waals surface area contributed by atoms with Gasteiger partial charge in [0.2, 0.25) is 0 Å². The molecule has 2 aromatic rings. The van der Waals surface area contributed by atoms with Crippen LogP contribution in [0.15, 0.2) is 34.9 Å². The van der Waals surface area contributed by atoms with Crippen LogP contribution in [0.3, 0.4) is 0 Å². The lowest BCUT2D eigenvalue weighted by Gasteiger charge is -2.23. The SMILES string of the molecule is Cc1cccc(OC[C@]2(O)CCN(Cc3cc(C)on3)C2)c1. The van der Waals surface area contributed by atoms with Crippen LogP contribution in [0.25, 0.3) is 0 Å². The van der Waals surface area contributed by atoms with Crippen molar-refractivity contribution in [1.29, 1.82) is 0 Å². The van der Waals surface area contributed by atoms with E-state index in [2.05, 4.69) is 10.1 Å². The highest BCUT2D eigenvalue weighted by atomic mass is 16.5. The van der Waals surface area contributed by atoms with Crippen molar-refractivity contribution in [2.75, 3.05) is 19.7 Å². The second-order valence-corrected chi connectivity index (χ2v) is 6.22. The van der Waals surface area contributed by atoms with Gasteiger partial charge in [-0.3, -0.25) is 4.90 Å². The van der Waals surface area contributed by atoms with Crippen molar-refractivity contribution in [3.8, 4) is 5.75 Å². The van der Waals surface area contributed by atoms with Crippen LogP contribution < -0.4 is 4.74 Å². The second kappa shape index (κ2) is 6.10. The number of aryl methyl sites for hydroxylation is 2. The highest BCUT2D eigenvalue weighted by Crippen LogP contribution is 2.24. The van der Waals surface area contributed by atoms with Crippen molar-refractivity contribution in [2.24, 2.45) is 0 Å². The fourth-order valence-corrected chi connectivity index (χ4v) is 2.84. The van der Waals surface area contributed by atoms with Gasteiger partial charge >= 0.3 is 0 Å². The highest BCUT2D eigenvalue weighted by Gasteiger charge is 2.37. The Morgan fingerprint density at radius 3 is 2.95 bits per heavy atom. The summed E-state index contributed by atoms with van der Waals surface area (Å²) in [5, 5.41) is 14.7.